The number of amides is 10. The number of hydrogen-bond donors (Lipinski definition) is 14. The molecule has 28 nitrogen and oxygen atoms in total. The normalized spacial score (nSPS) is 13.5. The average Bonchev–Trinajstić information content (AvgIpc) is 3.34. The van der Waals surface area contributed by atoms with Crippen molar-refractivity contribution in [3.8, 4) is 0 Å². The molecule has 16 N–H and O–H groups in total. The fourth-order valence-corrected chi connectivity index (χ4v) is 7.04. The number of nitrogens with one attached hydrogen (secondary N) is 10. The molecule has 0 aliphatic heterocycles. The molecule has 0 aliphatic carbocycles. The van der Waals surface area contributed by atoms with E-state index in [2.05, 4.69) is 58.2 Å². The highest BCUT2D eigenvalue weighted by Gasteiger charge is 2.33. The van der Waals surface area contributed by atoms with Crippen LogP contribution in [-0.4, -0.2) is 167 Å². The van der Waals surface area contributed by atoms with Crippen LogP contribution in [0.25, 0.3) is 0 Å². The Morgan fingerprint density at radius 3 is 1.66 bits per heavy atom. The molecule has 422 valence electrons. The van der Waals surface area contributed by atoms with Gasteiger partial charge in [0.25, 0.3) is 0 Å². The number of guanidine groups is 1. The second-order valence-corrected chi connectivity index (χ2v) is 18.5. The number of nitrogens with zero attached hydrogens (tertiary/aromatic N) is 1. The Morgan fingerprint density at radius 2 is 1.12 bits per heavy atom. The first-order valence-electron chi connectivity index (χ1n) is 24.1. The van der Waals surface area contributed by atoms with Gasteiger partial charge >= 0.3 is 11.9 Å². The van der Waals surface area contributed by atoms with Crippen LogP contribution in [0, 0.1) is 11.8 Å². The molecular formula is C47H72ClN13O15. The Morgan fingerprint density at radius 1 is 0.579 bits per heavy atom. The first-order chi connectivity index (χ1) is 35.6. The van der Waals surface area contributed by atoms with Crippen LogP contribution in [0.2, 0.25) is 0 Å². The van der Waals surface area contributed by atoms with Crippen LogP contribution in [0.15, 0.2) is 35.3 Å². The van der Waals surface area contributed by atoms with Crippen LogP contribution in [0.4, 0.5) is 0 Å². The van der Waals surface area contributed by atoms with E-state index in [1.807, 2.05) is 0 Å². The number of carbonyl (C=O) groups is 13. The Hall–Kier alpha value is -7.91. The van der Waals surface area contributed by atoms with E-state index in [1.54, 1.807) is 58.0 Å². The van der Waals surface area contributed by atoms with E-state index in [0.717, 1.165) is 6.92 Å². The number of carboxylic acids is 2. The number of aliphatic carboxylic acids is 2. The van der Waals surface area contributed by atoms with Crippen LogP contribution in [0.3, 0.4) is 0 Å². The number of benzene rings is 1. The topological polar surface area (TPSA) is 447 Å². The number of hydrogen-bond acceptors (Lipinski definition) is 14. The highest BCUT2D eigenvalue weighted by atomic mass is 35.5. The third kappa shape index (κ3) is 27.4. The van der Waals surface area contributed by atoms with Gasteiger partial charge in [0, 0.05) is 26.3 Å². The van der Waals surface area contributed by atoms with E-state index in [9.17, 15) is 72.5 Å². The quantitative estimate of drug-likeness (QED) is 0.0133. The molecule has 0 saturated carbocycles. The molecule has 0 saturated heterocycles. The lowest BCUT2D eigenvalue weighted by Crippen LogP contribution is -2.59. The van der Waals surface area contributed by atoms with Gasteiger partial charge in [-0.15, -0.1) is 11.6 Å². The van der Waals surface area contributed by atoms with E-state index in [-0.39, 0.29) is 43.6 Å². The summed E-state index contributed by atoms with van der Waals surface area (Å²) in [5.74, 6) is -13.1. The molecule has 0 fully saturated rings. The van der Waals surface area contributed by atoms with Gasteiger partial charge < -0.3 is 74.8 Å². The van der Waals surface area contributed by atoms with Gasteiger partial charge in [0.15, 0.2) is 11.7 Å². The van der Waals surface area contributed by atoms with Crippen molar-refractivity contribution in [2.75, 3.05) is 32.1 Å². The molecule has 7 atom stereocenters. The number of ketones is 1. The standard InChI is InChI=1S/C47H72ClN13O15/c1-24(2)17-31(59-44(74)32(18-28-11-8-7-9-12-28)60-45(75)33(19-39(69)70)56-27(6)62)43(73)55-26(5)41(71)58-30(14-15-38(67)68)42(72)54-22-36(65)52-21-35(64)53-23-37(66)61-40(25(3)4)46(76)57-29(34(63)20-48)13-10-16-51-47(49)50/h7-9,11-12,24-26,29-33,40H,10,13-23H2,1-6H3,(H,52,65)(H,53,64)(H,54,72)(H,55,73)(H,56,62)(H,57,76)(H,58,71)(H,59,74)(H,60,75)(H,61,66)(H,67,68)(H,69,70)(H4,49,50,51)/t26-,29-,30-,31-,32-,33-,40-/m0/s1. The summed E-state index contributed by atoms with van der Waals surface area (Å²) in [6.45, 7) is 7.17. The van der Waals surface area contributed by atoms with Crippen molar-refractivity contribution >= 4 is 94.4 Å². The van der Waals surface area contributed by atoms with Crippen molar-refractivity contribution in [2.24, 2.45) is 28.3 Å². The number of carboxylic acid groups (broad SMARTS) is 2. The molecule has 0 spiro atoms. The Labute approximate surface area is 443 Å². The smallest absolute Gasteiger partial charge is 0.305 e. The van der Waals surface area contributed by atoms with Crippen molar-refractivity contribution < 1.29 is 72.5 Å². The number of alkyl halides is 1. The zero-order chi connectivity index (χ0) is 57.7. The molecule has 0 radical (unpaired) electrons. The Balaban J connectivity index is 2.95. The van der Waals surface area contributed by atoms with Gasteiger partial charge in [0.05, 0.1) is 38.0 Å². The van der Waals surface area contributed by atoms with Gasteiger partial charge in [-0.3, -0.25) is 67.3 Å². The number of halogens is 1. The molecule has 0 unspecified atom stereocenters. The summed E-state index contributed by atoms with van der Waals surface area (Å²) in [6.07, 6.45) is -1.51. The lowest BCUT2D eigenvalue weighted by Gasteiger charge is -2.27. The fourth-order valence-electron chi connectivity index (χ4n) is 6.85. The van der Waals surface area contributed by atoms with E-state index >= 15 is 0 Å². The van der Waals surface area contributed by atoms with Gasteiger partial charge in [-0.1, -0.05) is 58.0 Å². The number of carbonyl (C=O) groups excluding carboxylic acids is 11. The van der Waals surface area contributed by atoms with Crippen LogP contribution in [-0.2, 0) is 68.7 Å². The molecule has 0 aromatic heterocycles. The Kier molecular flexibility index (Phi) is 30.1. The van der Waals surface area contributed by atoms with Gasteiger partial charge in [-0.05, 0) is 50.0 Å². The third-order valence-corrected chi connectivity index (χ3v) is 11.0. The Bertz CT molecular complexity index is 2230. The summed E-state index contributed by atoms with van der Waals surface area (Å²) >= 11 is 5.72. The molecule has 1 rings (SSSR count). The highest BCUT2D eigenvalue weighted by Crippen LogP contribution is 2.11. The van der Waals surface area contributed by atoms with Crippen molar-refractivity contribution in [2.45, 2.75) is 129 Å². The monoisotopic (exact) mass is 1090 g/mol. The minimum absolute atomic E-state index is 0.0138. The first kappa shape index (κ1) is 66.1. The molecule has 0 heterocycles. The molecule has 1 aromatic carbocycles. The molecule has 76 heavy (non-hydrogen) atoms. The lowest BCUT2D eigenvalue weighted by atomic mass is 10.0. The van der Waals surface area contributed by atoms with Crippen molar-refractivity contribution in [1.82, 2.24) is 53.2 Å². The second kappa shape index (κ2) is 34.6. The maximum atomic E-state index is 13.8. The number of nitrogens with two attached hydrogens (primary N) is 2. The second-order valence-electron chi connectivity index (χ2n) is 18.2. The summed E-state index contributed by atoms with van der Waals surface area (Å²) in [5.41, 5.74) is 11.2. The summed E-state index contributed by atoms with van der Waals surface area (Å²) in [5, 5.41) is 42.5. The van der Waals surface area contributed by atoms with Gasteiger partial charge in [0.1, 0.15) is 36.3 Å². The van der Waals surface area contributed by atoms with Crippen LogP contribution in [0.1, 0.15) is 85.6 Å². The SMILES string of the molecule is CC(=O)N[C@@H](CC(=O)O)C(=O)N[C@@H](Cc1ccccc1)C(=O)N[C@@H](CC(C)C)C(=O)N[C@@H](C)C(=O)N[C@@H](CCC(=O)O)C(=O)NCC(=O)NCC(=O)NCC(=O)N[C@H](C(=O)N[C@@H](CCCN=C(N)N)C(=O)CCl)C(C)C. The minimum atomic E-state index is -1.56. The maximum Gasteiger partial charge on any atom is 0.305 e. The molecule has 0 bridgehead atoms. The minimum Gasteiger partial charge on any atom is -0.481 e. The van der Waals surface area contributed by atoms with Crippen LogP contribution < -0.4 is 64.6 Å². The van der Waals surface area contributed by atoms with E-state index in [4.69, 9.17) is 23.1 Å². The van der Waals surface area contributed by atoms with Gasteiger partial charge in [0.2, 0.25) is 59.1 Å². The molecular weight excluding hydrogens is 1020 g/mol. The molecule has 29 heteroatoms. The van der Waals surface area contributed by atoms with E-state index in [0.29, 0.717) is 12.0 Å². The lowest BCUT2D eigenvalue weighted by molar-refractivity contribution is -0.141. The third-order valence-electron chi connectivity index (χ3n) is 10.7. The van der Waals surface area contributed by atoms with Crippen molar-refractivity contribution in [3.05, 3.63) is 35.9 Å². The first-order valence-corrected chi connectivity index (χ1v) is 24.7. The zero-order valence-electron chi connectivity index (χ0n) is 43.2. The highest BCUT2D eigenvalue weighted by molar-refractivity contribution is 6.28. The van der Waals surface area contributed by atoms with Gasteiger partial charge in [-0.2, -0.15) is 0 Å². The summed E-state index contributed by atoms with van der Waals surface area (Å²) < 4.78 is 0. The zero-order valence-corrected chi connectivity index (χ0v) is 44.0. The fraction of sp³-hybridized carbons (Fsp3) is 0.574. The molecule has 0 aliphatic rings. The number of Topliss-reactive ketones (excluding diaryl/α,β-unsaturated/α-hetero) is 1. The average molecular weight is 1090 g/mol. The summed E-state index contributed by atoms with van der Waals surface area (Å²) in [4.78, 5) is 169. The predicted octanol–water partition coefficient (Wildman–Crippen LogP) is -4.09. The van der Waals surface area contributed by atoms with E-state index < -0.39 is 164 Å². The number of rotatable bonds is 35. The van der Waals surface area contributed by atoms with E-state index in [1.165, 1.54) is 6.92 Å². The number of aliphatic imine (C=N–C) groups is 1. The van der Waals surface area contributed by atoms with Crippen LogP contribution in [0.5, 0.6) is 0 Å². The van der Waals surface area contributed by atoms with Crippen molar-refractivity contribution in [1.29, 1.82) is 0 Å². The maximum absolute atomic E-state index is 13.8. The van der Waals surface area contributed by atoms with Crippen molar-refractivity contribution in [3.63, 3.8) is 0 Å². The molecule has 1 aromatic rings. The predicted molar refractivity (Wildman–Crippen MR) is 273 cm³/mol. The van der Waals surface area contributed by atoms with Gasteiger partial charge in [-0.25, -0.2) is 0 Å². The van der Waals surface area contributed by atoms with Crippen LogP contribution >= 0.6 is 11.6 Å². The summed E-state index contributed by atoms with van der Waals surface area (Å²) in [6, 6.07) is -0.982. The molecule has 10 amide bonds. The largest absolute Gasteiger partial charge is 0.481 e. The summed E-state index contributed by atoms with van der Waals surface area (Å²) in [7, 11) is 0.